The Bertz CT molecular complexity index is 554. The predicted octanol–water partition coefficient (Wildman–Crippen LogP) is 5.25. The van der Waals surface area contributed by atoms with Gasteiger partial charge in [0.1, 0.15) is 5.75 Å². The maximum Gasteiger partial charge on any atom is 0.119 e. The van der Waals surface area contributed by atoms with Crippen molar-refractivity contribution < 1.29 is 4.74 Å². The first-order valence-electron chi connectivity index (χ1n) is 7.10. The maximum atomic E-state index is 5.79. The van der Waals surface area contributed by atoms with Gasteiger partial charge >= 0.3 is 0 Å². The van der Waals surface area contributed by atoms with E-state index in [-0.39, 0.29) is 0 Å². The second-order valence-corrected chi connectivity index (χ2v) is 5.33. The molecule has 0 aliphatic rings. The van der Waals surface area contributed by atoms with Crippen LogP contribution in [0.2, 0.25) is 0 Å². The number of aryl methyl sites for hydroxylation is 1. The molecule has 0 radical (unpaired) electrons. The van der Waals surface area contributed by atoms with Crippen LogP contribution in [-0.2, 0) is 0 Å². The van der Waals surface area contributed by atoms with Crippen LogP contribution in [0.5, 0.6) is 5.75 Å². The molecule has 0 fully saturated rings. The summed E-state index contributed by atoms with van der Waals surface area (Å²) in [6.07, 6.45) is 2.93. The van der Waals surface area contributed by atoms with Gasteiger partial charge in [0.05, 0.1) is 6.61 Å². The Morgan fingerprint density at radius 3 is 2.50 bits per heavy atom. The van der Waals surface area contributed by atoms with Crippen LogP contribution >= 0.6 is 0 Å². The van der Waals surface area contributed by atoms with Crippen molar-refractivity contribution in [3.8, 4) is 16.9 Å². The fourth-order valence-electron chi connectivity index (χ4n) is 2.16. The first-order chi connectivity index (χ1) is 9.69. The molecule has 1 heteroatoms. The molecule has 0 heterocycles. The van der Waals surface area contributed by atoms with Gasteiger partial charge in [0.25, 0.3) is 0 Å². The Morgan fingerprint density at radius 1 is 1.10 bits per heavy atom. The van der Waals surface area contributed by atoms with E-state index < -0.39 is 0 Å². The van der Waals surface area contributed by atoms with Crippen LogP contribution in [0.1, 0.15) is 18.9 Å². The average Bonchev–Trinajstić information content (AvgIpc) is 2.46. The summed E-state index contributed by atoms with van der Waals surface area (Å²) in [7, 11) is 0. The summed E-state index contributed by atoms with van der Waals surface area (Å²) in [6, 6.07) is 16.8. The van der Waals surface area contributed by atoms with Crippen molar-refractivity contribution in [1.82, 2.24) is 0 Å². The van der Waals surface area contributed by atoms with Gasteiger partial charge in [-0.2, -0.15) is 0 Å². The molecule has 1 nitrogen and oxygen atoms in total. The Balaban J connectivity index is 2.01. The Kier molecular flexibility index (Phi) is 5.00. The van der Waals surface area contributed by atoms with Crippen LogP contribution in [0.25, 0.3) is 11.1 Å². The van der Waals surface area contributed by atoms with Crippen LogP contribution in [0.3, 0.4) is 0 Å². The van der Waals surface area contributed by atoms with Crippen molar-refractivity contribution in [2.75, 3.05) is 6.61 Å². The van der Waals surface area contributed by atoms with Gasteiger partial charge in [-0.1, -0.05) is 55.0 Å². The van der Waals surface area contributed by atoms with E-state index in [1.807, 2.05) is 18.2 Å². The quantitative estimate of drug-likeness (QED) is 0.649. The molecule has 1 unspecified atom stereocenters. The highest BCUT2D eigenvalue weighted by Crippen LogP contribution is 2.23. The van der Waals surface area contributed by atoms with E-state index in [2.05, 4.69) is 56.8 Å². The number of hydrogen-bond donors (Lipinski definition) is 0. The minimum absolute atomic E-state index is 0.504. The van der Waals surface area contributed by atoms with Gasteiger partial charge in [0.15, 0.2) is 0 Å². The van der Waals surface area contributed by atoms with Crippen LogP contribution in [0.15, 0.2) is 61.2 Å². The van der Waals surface area contributed by atoms with Crippen LogP contribution in [0, 0.1) is 12.8 Å². The van der Waals surface area contributed by atoms with Crippen molar-refractivity contribution >= 4 is 0 Å². The van der Waals surface area contributed by atoms with Gasteiger partial charge < -0.3 is 4.74 Å². The normalized spacial score (nSPS) is 11.9. The van der Waals surface area contributed by atoms with E-state index in [9.17, 15) is 0 Å². The third kappa shape index (κ3) is 3.99. The third-order valence-electron chi connectivity index (χ3n) is 3.31. The monoisotopic (exact) mass is 266 g/mol. The molecule has 0 bridgehead atoms. The van der Waals surface area contributed by atoms with E-state index in [1.165, 1.54) is 16.7 Å². The fraction of sp³-hybridized carbons (Fsp3) is 0.263. The fourth-order valence-corrected chi connectivity index (χ4v) is 2.16. The van der Waals surface area contributed by atoms with Crippen molar-refractivity contribution in [3.05, 3.63) is 66.7 Å². The number of benzene rings is 2. The summed E-state index contributed by atoms with van der Waals surface area (Å²) < 4.78 is 5.79. The van der Waals surface area contributed by atoms with Crippen molar-refractivity contribution in [2.45, 2.75) is 20.3 Å². The average molecular weight is 266 g/mol. The molecule has 0 N–H and O–H groups in total. The molecule has 2 rings (SSSR count). The summed E-state index contributed by atoms with van der Waals surface area (Å²) in [4.78, 5) is 0. The van der Waals surface area contributed by atoms with Crippen LogP contribution < -0.4 is 4.74 Å². The highest BCUT2D eigenvalue weighted by molar-refractivity contribution is 5.64. The van der Waals surface area contributed by atoms with Crippen LogP contribution in [-0.4, -0.2) is 6.61 Å². The molecular formula is C19H22O. The SMILES string of the molecule is C=CCC(C)COc1ccc(-c2cccc(C)c2)cc1. The minimum atomic E-state index is 0.504. The Hall–Kier alpha value is -2.02. The number of rotatable bonds is 6. The molecule has 1 atom stereocenters. The first kappa shape index (κ1) is 14.4. The second-order valence-electron chi connectivity index (χ2n) is 5.33. The van der Waals surface area contributed by atoms with Crippen molar-refractivity contribution in [2.24, 2.45) is 5.92 Å². The zero-order valence-electron chi connectivity index (χ0n) is 12.3. The first-order valence-corrected chi connectivity index (χ1v) is 7.10. The molecule has 2 aromatic rings. The number of allylic oxidation sites excluding steroid dienone is 1. The van der Waals surface area contributed by atoms with E-state index in [0.29, 0.717) is 5.92 Å². The van der Waals surface area contributed by atoms with E-state index in [1.54, 1.807) is 0 Å². The topological polar surface area (TPSA) is 9.23 Å². The molecule has 0 aliphatic heterocycles. The third-order valence-corrected chi connectivity index (χ3v) is 3.31. The van der Waals surface area contributed by atoms with Gasteiger partial charge in [-0.05, 0) is 42.5 Å². The molecule has 0 saturated heterocycles. The zero-order valence-corrected chi connectivity index (χ0v) is 12.3. The van der Waals surface area contributed by atoms with E-state index in [4.69, 9.17) is 4.74 Å². The van der Waals surface area contributed by atoms with Gasteiger partial charge in [0, 0.05) is 0 Å². The lowest BCUT2D eigenvalue weighted by Gasteiger charge is -2.11. The van der Waals surface area contributed by atoms with E-state index in [0.717, 1.165) is 18.8 Å². The summed E-state index contributed by atoms with van der Waals surface area (Å²) in [5, 5.41) is 0. The molecule has 0 aliphatic carbocycles. The Labute approximate surface area is 121 Å². The van der Waals surface area contributed by atoms with Gasteiger partial charge in [-0.25, -0.2) is 0 Å². The van der Waals surface area contributed by atoms with Gasteiger partial charge in [-0.3, -0.25) is 0 Å². The van der Waals surface area contributed by atoms with Crippen molar-refractivity contribution in [3.63, 3.8) is 0 Å². The lowest BCUT2D eigenvalue weighted by atomic mass is 10.0. The summed E-state index contributed by atoms with van der Waals surface area (Å²) >= 11 is 0. The molecule has 0 aromatic heterocycles. The minimum Gasteiger partial charge on any atom is -0.493 e. The summed E-state index contributed by atoms with van der Waals surface area (Å²) in [5.74, 6) is 1.43. The molecule has 0 amide bonds. The summed E-state index contributed by atoms with van der Waals surface area (Å²) in [5.41, 5.74) is 3.75. The highest BCUT2D eigenvalue weighted by atomic mass is 16.5. The molecule has 20 heavy (non-hydrogen) atoms. The van der Waals surface area contributed by atoms with Crippen LogP contribution in [0.4, 0.5) is 0 Å². The highest BCUT2D eigenvalue weighted by Gasteiger charge is 2.02. The molecule has 0 saturated carbocycles. The predicted molar refractivity (Wildman–Crippen MR) is 86.1 cm³/mol. The summed E-state index contributed by atoms with van der Waals surface area (Å²) in [6.45, 7) is 8.77. The lowest BCUT2D eigenvalue weighted by Crippen LogP contribution is -2.07. The van der Waals surface area contributed by atoms with Gasteiger partial charge in [-0.15, -0.1) is 6.58 Å². The molecule has 104 valence electrons. The number of ether oxygens (including phenoxy) is 1. The second kappa shape index (κ2) is 6.95. The Morgan fingerprint density at radius 2 is 1.85 bits per heavy atom. The van der Waals surface area contributed by atoms with Gasteiger partial charge in [0.2, 0.25) is 0 Å². The largest absolute Gasteiger partial charge is 0.493 e. The smallest absolute Gasteiger partial charge is 0.119 e. The van der Waals surface area contributed by atoms with E-state index >= 15 is 0 Å². The molecular weight excluding hydrogens is 244 g/mol. The lowest BCUT2D eigenvalue weighted by molar-refractivity contribution is 0.261. The zero-order chi connectivity index (χ0) is 14.4. The molecule has 2 aromatic carbocycles. The van der Waals surface area contributed by atoms with Crippen molar-refractivity contribution in [1.29, 1.82) is 0 Å². The number of hydrogen-bond acceptors (Lipinski definition) is 1. The maximum absolute atomic E-state index is 5.79. The standard InChI is InChI=1S/C19H22O/c1-4-6-16(3)14-20-19-11-9-17(10-12-19)18-8-5-7-15(2)13-18/h4-5,7-13,16H,1,6,14H2,2-3H3. The molecule has 0 spiro atoms.